The zero-order chi connectivity index (χ0) is 28.3. The van der Waals surface area contributed by atoms with Gasteiger partial charge in [-0.05, 0) is 54.0 Å². The molecule has 2 amide bonds. The Morgan fingerprint density at radius 3 is 2.23 bits per heavy atom. The van der Waals surface area contributed by atoms with E-state index in [1.165, 1.54) is 19.2 Å². The normalized spacial score (nSPS) is 23.0. The molecule has 1 aliphatic carbocycles. The SMILES string of the molecule is COc1ccc([C@@H]2C=C3c4ccc(C)cc4OC(=O)[C@@H]3[C@H]3C(=O)N(c4ccc(OC)cc4[N+](=O)[O-])C(=O)[C@H]32)cc1. The number of methoxy groups -OCH3 is 2. The highest BCUT2D eigenvalue weighted by Gasteiger charge is 2.61. The van der Waals surface area contributed by atoms with Crippen LogP contribution in [0.3, 0.4) is 0 Å². The monoisotopic (exact) mass is 540 g/mol. The average Bonchev–Trinajstić information content (AvgIpc) is 3.21. The van der Waals surface area contributed by atoms with E-state index in [1.54, 1.807) is 25.3 Å². The van der Waals surface area contributed by atoms with E-state index in [4.69, 9.17) is 14.2 Å². The summed E-state index contributed by atoms with van der Waals surface area (Å²) in [5, 5.41) is 12.0. The van der Waals surface area contributed by atoms with Crippen LogP contribution in [-0.4, -0.2) is 36.9 Å². The third-order valence-electron chi connectivity index (χ3n) is 7.87. The van der Waals surface area contributed by atoms with Crippen LogP contribution in [0.4, 0.5) is 11.4 Å². The molecule has 1 fully saturated rings. The van der Waals surface area contributed by atoms with Gasteiger partial charge in [0.1, 0.15) is 22.9 Å². The maximum absolute atomic E-state index is 14.1. The number of carbonyl (C=O) groups is 3. The zero-order valence-electron chi connectivity index (χ0n) is 21.8. The molecule has 2 aliphatic heterocycles. The molecule has 0 N–H and O–H groups in total. The van der Waals surface area contributed by atoms with Crippen molar-refractivity contribution >= 4 is 34.7 Å². The van der Waals surface area contributed by atoms with Crippen molar-refractivity contribution in [2.75, 3.05) is 19.1 Å². The van der Waals surface area contributed by atoms with Crippen LogP contribution in [0.2, 0.25) is 0 Å². The number of aryl methyl sites for hydroxylation is 1. The average molecular weight is 541 g/mol. The number of anilines is 1. The highest BCUT2D eigenvalue weighted by Crippen LogP contribution is 2.55. The van der Waals surface area contributed by atoms with Crippen LogP contribution in [0.1, 0.15) is 22.6 Å². The van der Waals surface area contributed by atoms with E-state index in [0.717, 1.165) is 22.1 Å². The molecule has 10 nitrogen and oxygen atoms in total. The minimum Gasteiger partial charge on any atom is -0.497 e. The number of esters is 1. The topological polar surface area (TPSA) is 125 Å². The van der Waals surface area contributed by atoms with E-state index in [9.17, 15) is 24.5 Å². The van der Waals surface area contributed by atoms with Gasteiger partial charge >= 0.3 is 5.97 Å². The second-order valence-corrected chi connectivity index (χ2v) is 9.99. The molecule has 6 rings (SSSR count). The summed E-state index contributed by atoms with van der Waals surface area (Å²) in [6.07, 6.45) is 1.86. The summed E-state index contributed by atoms with van der Waals surface area (Å²) in [5.41, 5.74) is 2.27. The number of ether oxygens (including phenoxy) is 3. The molecule has 0 spiro atoms. The predicted octanol–water partition coefficient (Wildman–Crippen LogP) is 4.44. The Hall–Kier alpha value is -4.99. The Balaban J connectivity index is 1.54. The van der Waals surface area contributed by atoms with Gasteiger partial charge in [0.2, 0.25) is 11.8 Å². The van der Waals surface area contributed by atoms with Crippen molar-refractivity contribution in [3.8, 4) is 17.2 Å². The van der Waals surface area contributed by atoms with Crippen molar-refractivity contribution in [2.45, 2.75) is 12.8 Å². The maximum Gasteiger partial charge on any atom is 0.319 e. The number of carbonyl (C=O) groups excluding carboxylic acids is 3. The van der Waals surface area contributed by atoms with E-state index in [1.807, 2.05) is 37.3 Å². The summed E-state index contributed by atoms with van der Waals surface area (Å²) in [5.74, 6) is -4.50. The van der Waals surface area contributed by atoms with Crippen molar-refractivity contribution in [3.05, 3.63) is 93.5 Å². The summed E-state index contributed by atoms with van der Waals surface area (Å²) in [6, 6.07) is 16.6. The van der Waals surface area contributed by atoms with Crippen molar-refractivity contribution in [3.63, 3.8) is 0 Å². The Morgan fingerprint density at radius 2 is 1.55 bits per heavy atom. The minimum absolute atomic E-state index is 0.176. The standard InChI is InChI=1S/C30H24N2O8/c1-15-4-10-19-21-14-20(16-5-7-17(38-2)8-6-16)25-27(26(21)30(35)40-24(19)12-15)29(34)31(28(25)33)22-11-9-18(39-3)13-23(22)32(36)37/h4-14,20,25-27H,1-3H3/t20-,25-,26-,27-/m0/s1. The highest BCUT2D eigenvalue weighted by molar-refractivity contribution is 6.25. The van der Waals surface area contributed by atoms with Crippen LogP contribution >= 0.6 is 0 Å². The molecule has 3 aromatic carbocycles. The zero-order valence-corrected chi connectivity index (χ0v) is 21.8. The van der Waals surface area contributed by atoms with E-state index in [-0.39, 0.29) is 11.4 Å². The maximum atomic E-state index is 14.1. The summed E-state index contributed by atoms with van der Waals surface area (Å²) < 4.78 is 16.1. The molecule has 0 unspecified atom stereocenters. The van der Waals surface area contributed by atoms with Gasteiger partial charge in [-0.3, -0.25) is 24.5 Å². The van der Waals surface area contributed by atoms with Gasteiger partial charge in [0.15, 0.2) is 0 Å². The molecule has 3 aliphatic rings. The first kappa shape index (κ1) is 25.3. The fourth-order valence-corrected chi connectivity index (χ4v) is 6.02. The van der Waals surface area contributed by atoms with Gasteiger partial charge < -0.3 is 14.2 Å². The van der Waals surface area contributed by atoms with Crippen LogP contribution in [0.15, 0.2) is 66.7 Å². The van der Waals surface area contributed by atoms with Crippen LogP contribution in [0, 0.1) is 34.8 Å². The first-order valence-electron chi connectivity index (χ1n) is 12.6. The molecular formula is C30H24N2O8. The van der Waals surface area contributed by atoms with Crippen LogP contribution < -0.4 is 19.1 Å². The van der Waals surface area contributed by atoms with Crippen LogP contribution in [0.25, 0.3) is 5.57 Å². The number of nitro benzene ring substituents is 1. The largest absolute Gasteiger partial charge is 0.497 e. The molecule has 1 saturated heterocycles. The van der Waals surface area contributed by atoms with Crippen molar-refractivity contribution in [1.82, 2.24) is 0 Å². The van der Waals surface area contributed by atoms with Crippen LogP contribution in [0.5, 0.6) is 17.2 Å². The molecule has 0 bridgehead atoms. The Bertz CT molecular complexity index is 1630. The third-order valence-corrected chi connectivity index (χ3v) is 7.87. The highest BCUT2D eigenvalue weighted by atomic mass is 16.6. The smallest absolute Gasteiger partial charge is 0.319 e. The molecular weight excluding hydrogens is 516 g/mol. The second kappa shape index (κ2) is 9.33. The molecule has 0 aromatic heterocycles. The molecule has 0 radical (unpaired) electrons. The number of nitrogens with zero attached hydrogens (tertiary/aromatic N) is 2. The lowest BCUT2D eigenvalue weighted by molar-refractivity contribution is -0.384. The Kier molecular flexibility index (Phi) is 5.90. The second-order valence-electron chi connectivity index (χ2n) is 9.99. The lowest BCUT2D eigenvalue weighted by atomic mass is 9.64. The molecule has 4 atom stereocenters. The van der Waals surface area contributed by atoms with Crippen molar-refractivity contribution in [1.29, 1.82) is 0 Å². The van der Waals surface area contributed by atoms with E-state index in [2.05, 4.69) is 0 Å². The summed E-state index contributed by atoms with van der Waals surface area (Å²) >= 11 is 0. The summed E-state index contributed by atoms with van der Waals surface area (Å²) in [6.45, 7) is 1.88. The molecule has 40 heavy (non-hydrogen) atoms. The summed E-state index contributed by atoms with van der Waals surface area (Å²) in [7, 11) is 2.91. The number of benzene rings is 3. The molecule has 3 aromatic rings. The molecule has 10 heteroatoms. The molecule has 202 valence electrons. The number of hydrogen-bond donors (Lipinski definition) is 0. The van der Waals surface area contributed by atoms with E-state index >= 15 is 0 Å². The number of nitro groups is 1. The van der Waals surface area contributed by atoms with Crippen molar-refractivity contribution < 1.29 is 33.5 Å². The quantitative estimate of drug-likeness (QED) is 0.153. The third kappa shape index (κ3) is 3.75. The van der Waals surface area contributed by atoms with E-state index in [0.29, 0.717) is 22.6 Å². The fraction of sp³-hybridized carbons (Fsp3) is 0.233. The van der Waals surface area contributed by atoms with E-state index < -0.39 is 52.1 Å². The number of fused-ring (bicyclic) bond motifs is 5. The fourth-order valence-electron chi connectivity index (χ4n) is 6.02. The Labute approximate surface area is 228 Å². The number of amides is 2. The first-order chi connectivity index (χ1) is 19.2. The lowest BCUT2D eigenvalue weighted by Gasteiger charge is -2.38. The van der Waals surface area contributed by atoms with Gasteiger partial charge in [-0.2, -0.15) is 0 Å². The van der Waals surface area contributed by atoms with Crippen molar-refractivity contribution in [2.24, 2.45) is 17.8 Å². The number of rotatable bonds is 5. The van der Waals surface area contributed by atoms with Gasteiger partial charge in [-0.25, -0.2) is 4.90 Å². The Morgan fingerprint density at radius 1 is 0.875 bits per heavy atom. The summed E-state index contributed by atoms with van der Waals surface area (Å²) in [4.78, 5) is 53.8. The minimum atomic E-state index is -1.12. The molecule has 0 saturated carbocycles. The van der Waals surface area contributed by atoms with Gasteiger partial charge in [0.05, 0.1) is 43.0 Å². The molecule has 2 heterocycles. The number of imide groups is 1. The number of hydrogen-bond acceptors (Lipinski definition) is 8. The van der Waals surface area contributed by atoms with Gasteiger partial charge in [0.25, 0.3) is 5.69 Å². The van der Waals surface area contributed by atoms with Gasteiger partial charge in [-0.1, -0.05) is 30.3 Å². The first-order valence-corrected chi connectivity index (χ1v) is 12.6. The predicted molar refractivity (Wildman–Crippen MR) is 143 cm³/mol. The van der Waals surface area contributed by atoms with Crippen LogP contribution in [-0.2, 0) is 14.4 Å². The number of allylic oxidation sites excluding steroid dienone is 1. The van der Waals surface area contributed by atoms with Gasteiger partial charge in [0, 0.05) is 11.5 Å². The lowest BCUT2D eigenvalue weighted by Crippen LogP contribution is -2.42. The van der Waals surface area contributed by atoms with Gasteiger partial charge in [-0.15, -0.1) is 0 Å².